The number of nitrogens with one attached hydrogen (secondary N) is 1. The maximum atomic E-state index is 11.6. The van der Waals surface area contributed by atoms with Gasteiger partial charge >= 0.3 is 6.09 Å². The van der Waals surface area contributed by atoms with Crippen LogP contribution in [0.4, 0.5) is 16.2 Å². The van der Waals surface area contributed by atoms with Gasteiger partial charge in [-0.25, -0.2) is 4.79 Å². The highest BCUT2D eigenvalue weighted by Gasteiger charge is 2.23. The van der Waals surface area contributed by atoms with Crippen molar-refractivity contribution in [1.82, 2.24) is 0 Å². The van der Waals surface area contributed by atoms with Crippen LogP contribution in [0.2, 0.25) is 0 Å². The molecule has 0 fully saturated rings. The van der Waals surface area contributed by atoms with Gasteiger partial charge in [-0.3, -0.25) is 4.90 Å². The van der Waals surface area contributed by atoms with Crippen molar-refractivity contribution in [2.75, 3.05) is 30.9 Å². The minimum atomic E-state index is -0.283. The average molecular weight is 220 g/mol. The molecule has 0 saturated heterocycles. The minimum absolute atomic E-state index is 0.283. The molecule has 0 unspecified atom stereocenters. The van der Waals surface area contributed by atoms with Gasteiger partial charge in [0, 0.05) is 19.3 Å². The summed E-state index contributed by atoms with van der Waals surface area (Å²) in [7, 11) is 3.28. The van der Waals surface area contributed by atoms with E-state index in [0.29, 0.717) is 0 Å². The molecule has 4 nitrogen and oxygen atoms in total. The zero-order chi connectivity index (χ0) is 11.5. The maximum Gasteiger partial charge on any atom is 0.414 e. The van der Waals surface area contributed by atoms with E-state index >= 15 is 0 Å². The van der Waals surface area contributed by atoms with E-state index < -0.39 is 0 Å². The van der Waals surface area contributed by atoms with E-state index in [4.69, 9.17) is 4.74 Å². The number of fused-ring (bicyclic) bond motifs is 1. The molecule has 1 aromatic rings. The fraction of sp³-hybridized carbons (Fsp3) is 0.417. The molecule has 1 aliphatic heterocycles. The van der Waals surface area contributed by atoms with Crippen molar-refractivity contribution in [3.63, 3.8) is 0 Å². The first-order valence-corrected chi connectivity index (χ1v) is 5.42. The highest BCUT2D eigenvalue weighted by Crippen LogP contribution is 2.30. The zero-order valence-corrected chi connectivity index (χ0v) is 9.62. The van der Waals surface area contributed by atoms with E-state index in [9.17, 15) is 4.79 Å². The van der Waals surface area contributed by atoms with Crippen LogP contribution in [0.25, 0.3) is 0 Å². The van der Waals surface area contributed by atoms with Crippen LogP contribution in [-0.2, 0) is 11.2 Å². The van der Waals surface area contributed by atoms with E-state index in [1.165, 1.54) is 12.7 Å². The third-order valence-electron chi connectivity index (χ3n) is 2.89. The number of carbonyl (C=O) groups is 1. The van der Waals surface area contributed by atoms with Gasteiger partial charge in [0.15, 0.2) is 0 Å². The molecule has 0 atom stereocenters. The summed E-state index contributed by atoms with van der Waals surface area (Å²) in [6, 6.07) is 6.08. The van der Waals surface area contributed by atoms with Crippen molar-refractivity contribution in [2.24, 2.45) is 0 Å². The lowest BCUT2D eigenvalue weighted by Gasteiger charge is -2.28. The van der Waals surface area contributed by atoms with E-state index in [2.05, 4.69) is 11.4 Å². The molecule has 0 radical (unpaired) electrons. The van der Waals surface area contributed by atoms with Crippen LogP contribution in [0.15, 0.2) is 18.2 Å². The molecule has 1 amide bonds. The molecule has 0 spiro atoms. The standard InChI is InChI=1S/C12H16N2O2/c1-13-10-6-5-9-4-3-7-14(11(9)8-10)12(15)16-2/h5-6,8,13H,3-4,7H2,1-2H3. The van der Waals surface area contributed by atoms with Crippen LogP contribution in [0.5, 0.6) is 0 Å². The molecular formula is C12H16N2O2. The molecule has 16 heavy (non-hydrogen) atoms. The first-order valence-electron chi connectivity index (χ1n) is 5.42. The summed E-state index contributed by atoms with van der Waals surface area (Å²) < 4.78 is 4.79. The summed E-state index contributed by atoms with van der Waals surface area (Å²) in [5.74, 6) is 0. The fourth-order valence-electron chi connectivity index (χ4n) is 2.03. The molecule has 1 aliphatic rings. The minimum Gasteiger partial charge on any atom is -0.452 e. The predicted molar refractivity (Wildman–Crippen MR) is 64.1 cm³/mol. The van der Waals surface area contributed by atoms with Crippen molar-refractivity contribution in [3.05, 3.63) is 23.8 Å². The molecular weight excluding hydrogens is 204 g/mol. The van der Waals surface area contributed by atoms with Gasteiger partial charge in [-0.1, -0.05) is 6.07 Å². The van der Waals surface area contributed by atoms with Crippen LogP contribution >= 0.6 is 0 Å². The topological polar surface area (TPSA) is 41.6 Å². The Hall–Kier alpha value is -1.71. The molecule has 1 aromatic carbocycles. The van der Waals surface area contributed by atoms with Crippen molar-refractivity contribution in [1.29, 1.82) is 0 Å². The highest BCUT2D eigenvalue weighted by atomic mass is 16.5. The quantitative estimate of drug-likeness (QED) is 0.789. The second kappa shape index (κ2) is 4.43. The average Bonchev–Trinajstić information content (AvgIpc) is 2.36. The number of anilines is 2. The van der Waals surface area contributed by atoms with E-state index in [1.54, 1.807) is 4.90 Å². The molecule has 0 aliphatic carbocycles. The van der Waals surface area contributed by atoms with Gasteiger partial charge in [-0.15, -0.1) is 0 Å². The Kier molecular flexibility index (Phi) is 2.99. The Morgan fingerprint density at radius 2 is 2.31 bits per heavy atom. The van der Waals surface area contributed by atoms with E-state index in [-0.39, 0.29) is 6.09 Å². The summed E-state index contributed by atoms with van der Waals surface area (Å²) in [5.41, 5.74) is 3.18. The Morgan fingerprint density at radius 1 is 1.50 bits per heavy atom. The number of hydrogen-bond donors (Lipinski definition) is 1. The lowest BCUT2D eigenvalue weighted by atomic mass is 10.0. The Labute approximate surface area is 95.2 Å². The third kappa shape index (κ3) is 1.83. The monoisotopic (exact) mass is 220 g/mol. The lowest BCUT2D eigenvalue weighted by Crippen LogP contribution is -2.35. The number of rotatable bonds is 1. The van der Waals surface area contributed by atoms with Gasteiger partial charge in [-0.2, -0.15) is 0 Å². The van der Waals surface area contributed by atoms with Crippen LogP contribution in [0.1, 0.15) is 12.0 Å². The molecule has 0 saturated carbocycles. The molecule has 4 heteroatoms. The fourth-order valence-corrected chi connectivity index (χ4v) is 2.03. The summed E-state index contributed by atoms with van der Waals surface area (Å²) >= 11 is 0. The first-order chi connectivity index (χ1) is 7.76. The van der Waals surface area contributed by atoms with Crippen LogP contribution < -0.4 is 10.2 Å². The normalized spacial score (nSPS) is 14.2. The summed E-state index contributed by atoms with van der Waals surface area (Å²) in [6.07, 6.45) is 1.72. The zero-order valence-electron chi connectivity index (χ0n) is 9.62. The largest absolute Gasteiger partial charge is 0.452 e. The number of hydrogen-bond acceptors (Lipinski definition) is 3. The van der Waals surface area contributed by atoms with Crippen molar-refractivity contribution >= 4 is 17.5 Å². The second-order valence-electron chi connectivity index (χ2n) is 3.82. The van der Waals surface area contributed by atoms with E-state index in [1.807, 2.05) is 19.2 Å². The number of methoxy groups -OCH3 is 1. The third-order valence-corrected chi connectivity index (χ3v) is 2.89. The highest BCUT2D eigenvalue weighted by molar-refractivity contribution is 5.90. The van der Waals surface area contributed by atoms with Gasteiger partial charge in [0.05, 0.1) is 12.8 Å². The van der Waals surface area contributed by atoms with Crippen LogP contribution in [0.3, 0.4) is 0 Å². The van der Waals surface area contributed by atoms with Crippen molar-refractivity contribution < 1.29 is 9.53 Å². The molecule has 2 rings (SSSR count). The van der Waals surface area contributed by atoms with Crippen molar-refractivity contribution in [3.8, 4) is 0 Å². The molecule has 0 bridgehead atoms. The number of nitrogens with zero attached hydrogens (tertiary/aromatic N) is 1. The lowest BCUT2D eigenvalue weighted by molar-refractivity contribution is 0.178. The van der Waals surface area contributed by atoms with Gasteiger partial charge in [0.2, 0.25) is 0 Å². The molecule has 86 valence electrons. The van der Waals surface area contributed by atoms with Crippen LogP contribution in [0, 0.1) is 0 Å². The maximum absolute atomic E-state index is 11.6. The van der Waals surface area contributed by atoms with Crippen LogP contribution in [-0.4, -0.2) is 26.8 Å². The Bertz CT molecular complexity index is 404. The molecule has 0 aromatic heterocycles. The second-order valence-corrected chi connectivity index (χ2v) is 3.82. The summed E-state index contributed by atoms with van der Waals surface area (Å²) in [5, 5.41) is 3.08. The van der Waals surface area contributed by atoms with Gasteiger partial charge < -0.3 is 10.1 Å². The van der Waals surface area contributed by atoms with Crippen molar-refractivity contribution in [2.45, 2.75) is 12.8 Å². The number of amides is 1. The van der Waals surface area contributed by atoms with E-state index in [0.717, 1.165) is 30.8 Å². The summed E-state index contributed by atoms with van der Waals surface area (Å²) in [4.78, 5) is 13.3. The Balaban J connectivity index is 2.39. The molecule has 1 heterocycles. The SMILES string of the molecule is CNc1ccc2c(c1)N(C(=O)OC)CCC2. The van der Waals surface area contributed by atoms with Gasteiger partial charge in [-0.05, 0) is 30.5 Å². The summed E-state index contributed by atoms with van der Waals surface area (Å²) in [6.45, 7) is 0.729. The molecule has 1 N–H and O–H groups in total. The smallest absolute Gasteiger partial charge is 0.414 e. The van der Waals surface area contributed by atoms with Gasteiger partial charge in [0.1, 0.15) is 0 Å². The number of aryl methyl sites for hydroxylation is 1. The number of ether oxygens (including phenoxy) is 1. The predicted octanol–water partition coefficient (Wildman–Crippen LogP) is 2.25. The van der Waals surface area contributed by atoms with Gasteiger partial charge in [0.25, 0.3) is 0 Å². The number of benzene rings is 1. The first kappa shape index (κ1) is 10.8. The number of carbonyl (C=O) groups excluding carboxylic acids is 1. The Morgan fingerprint density at radius 3 is 3.00 bits per heavy atom.